The topological polar surface area (TPSA) is 29.5 Å². The first-order chi connectivity index (χ1) is 9.02. The van der Waals surface area contributed by atoms with Crippen LogP contribution in [-0.2, 0) is 0 Å². The first kappa shape index (κ1) is 13.6. The lowest BCUT2D eigenvalue weighted by molar-refractivity contribution is 0.218. The highest BCUT2D eigenvalue weighted by atomic mass is 19.1. The monoisotopic (exact) mass is 260 g/mol. The molecule has 0 fully saturated rings. The first-order valence-electron chi connectivity index (χ1n) is 6.11. The van der Waals surface area contributed by atoms with Gasteiger partial charge in [-0.25, -0.2) is 4.39 Å². The third kappa shape index (κ3) is 2.76. The van der Waals surface area contributed by atoms with Gasteiger partial charge in [0.2, 0.25) is 0 Å². The summed E-state index contributed by atoms with van der Waals surface area (Å²) in [6.45, 7) is 3.60. The molecule has 2 nitrogen and oxygen atoms in total. The predicted octanol–water partition coefficient (Wildman–Crippen LogP) is 3.53. The highest BCUT2D eigenvalue weighted by Gasteiger charge is 2.16. The summed E-state index contributed by atoms with van der Waals surface area (Å²) in [5.74, 6) is 0.408. The van der Waals surface area contributed by atoms with E-state index in [0.717, 1.165) is 22.3 Å². The lowest BCUT2D eigenvalue weighted by Gasteiger charge is -2.17. The Bertz CT molecular complexity index is 570. The molecule has 1 unspecified atom stereocenters. The number of methoxy groups -OCH3 is 1. The van der Waals surface area contributed by atoms with Crippen molar-refractivity contribution in [3.8, 4) is 5.75 Å². The van der Waals surface area contributed by atoms with Crippen LogP contribution >= 0.6 is 0 Å². The average Bonchev–Trinajstić information content (AvgIpc) is 2.37. The molecular weight excluding hydrogens is 243 g/mol. The van der Waals surface area contributed by atoms with Crippen molar-refractivity contribution in [1.82, 2.24) is 0 Å². The van der Waals surface area contributed by atoms with Crippen molar-refractivity contribution in [3.05, 3.63) is 64.5 Å². The maximum Gasteiger partial charge on any atom is 0.123 e. The second-order valence-corrected chi connectivity index (χ2v) is 4.63. The molecular formula is C16H17FO2. The Hall–Kier alpha value is -1.87. The summed E-state index contributed by atoms with van der Waals surface area (Å²) < 4.78 is 18.4. The largest absolute Gasteiger partial charge is 0.497 e. The molecule has 0 amide bonds. The molecule has 100 valence electrons. The van der Waals surface area contributed by atoms with Crippen LogP contribution in [0, 0.1) is 19.7 Å². The van der Waals surface area contributed by atoms with Crippen LogP contribution in [0.25, 0.3) is 0 Å². The number of aliphatic hydroxyl groups is 1. The van der Waals surface area contributed by atoms with Crippen LogP contribution in [-0.4, -0.2) is 12.2 Å². The molecule has 1 N–H and O–H groups in total. The molecule has 0 bridgehead atoms. The quantitative estimate of drug-likeness (QED) is 0.914. The van der Waals surface area contributed by atoms with Crippen molar-refractivity contribution in [3.63, 3.8) is 0 Å². The van der Waals surface area contributed by atoms with Crippen LogP contribution in [0.4, 0.5) is 4.39 Å². The standard InChI is InChI=1S/C16H17FO2/c1-10-7-13(17)8-11(2)15(10)16(18)12-5-4-6-14(9-12)19-3/h4-9,16,18H,1-3H3. The van der Waals surface area contributed by atoms with Crippen molar-refractivity contribution in [2.24, 2.45) is 0 Å². The number of benzene rings is 2. The molecule has 0 aliphatic rings. The van der Waals surface area contributed by atoms with Crippen molar-refractivity contribution < 1.29 is 14.2 Å². The van der Waals surface area contributed by atoms with Gasteiger partial charge < -0.3 is 9.84 Å². The number of hydrogen-bond acceptors (Lipinski definition) is 2. The highest BCUT2D eigenvalue weighted by Crippen LogP contribution is 2.30. The summed E-state index contributed by atoms with van der Waals surface area (Å²) in [4.78, 5) is 0. The number of hydrogen-bond donors (Lipinski definition) is 1. The molecule has 0 radical (unpaired) electrons. The Balaban J connectivity index is 2.46. The highest BCUT2D eigenvalue weighted by molar-refractivity contribution is 5.42. The molecule has 0 aliphatic carbocycles. The fourth-order valence-electron chi connectivity index (χ4n) is 2.33. The van der Waals surface area contributed by atoms with Gasteiger partial charge in [0, 0.05) is 0 Å². The number of halogens is 1. The number of aryl methyl sites for hydroxylation is 2. The van der Waals surface area contributed by atoms with E-state index in [0.29, 0.717) is 5.75 Å². The molecule has 2 rings (SSSR count). The second-order valence-electron chi connectivity index (χ2n) is 4.63. The Morgan fingerprint density at radius 2 is 1.74 bits per heavy atom. The minimum Gasteiger partial charge on any atom is -0.497 e. The molecule has 2 aromatic rings. The fourth-order valence-corrected chi connectivity index (χ4v) is 2.33. The Labute approximate surface area is 112 Å². The van der Waals surface area contributed by atoms with Crippen molar-refractivity contribution in [2.75, 3.05) is 7.11 Å². The van der Waals surface area contributed by atoms with Crippen LogP contribution in [0.5, 0.6) is 5.75 Å². The molecule has 0 saturated heterocycles. The average molecular weight is 260 g/mol. The Morgan fingerprint density at radius 1 is 1.11 bits per heavy atom. The summed E-state index contributed by atoms with van der Waals surface area (Å²) >= 11 is 0. The third-order valence-corrected chi connectivity index (χ3v) is 3.24. The maximum absolute atomic E-state index is 13.3. The van der Waals surface area contributed by atoms with E-state index < -0.39 is 6.10 Å². The van der Waals surface area contributed by atoms with Gasteiger partial charge in [-0.2, -0.15) is 0 Å². The van der Waals surface area contributed by atoms with Crippen molar-refractivity contribution in [1.29, 1.82) is 0 Å². The zero-order valence-corrected chi connectivity index (χ0v) is 11.3. The minimum atomic E-state index is -0.782. The van der Waals surface area contributed by atoms with Gasteiger partial charge in [0.15, 0.2) is 0 Å². The number of aliphatic hydroxyl groups excluding tert-OH is 1. The molecule has 0 aromatic heterocycles. The number of rotatable bonds is 3. The van der Waals surface area contributed by atoms with Gasteiger partial charge in [0.1, 0.15) is 17.7 Å². The third-order valence-electron chi connectivity index (χ3n) is 3.24. The molecule has 0 saturated carbocycles. The Kier molecular flexibility index (Phi) is 3.86. The van der Waals surface area contributed by atoms with Crippen LogP contribution in [0.2, 0.25) is 0 Å². The van der Waals surface area contributed by atoms with Crippen LogP contribution in [0.3, 0.4) is 0 Å². The lowest BCUT2D eigenvalue weighted by Crippen LogP contribution is -2.05. The Morgan fingerprint density at radius 3 is 2.32 bits per heavy atom. The molecule has 1 atom stereocenters. The van der Waals surface area contributed by atoms with Crippen LogP contribution < -0.4 is 4.74 Å². The van der Waals surface area contributed by atoms with Gasteiger partial charge >= 0.3 is 0 Å². The zero-order valence-electron chi connectivity index (χ0n) is 11.3. The molecule has 0 aliphatic heterocycles. The van der Waals surface area contributed by atoms with Gasteiger partial charge in [-0.05, 0) is 60.4 Å². The zero-order chi connectivity index (χ0) is 14.0. The fraction of sp³-hybridized carbons (Fsp3) is 0.250. The van der Waals surface area contributed by atoms with Gasteiger partial charge in [0.05, 0.1) is 7.11 Å². The SMILES string of the molecule is COc1cccc(C(O)c2c(C)cc(F)cc2C)c1. The summed E-state index contributed by atoms with van der Waals surface area (Å²) in [7, 11) is 1.58. The van der Waals surface area contributed by atoms with Crippen molar-refractivity contribution >= 4 is 0 Å². The van der Waals surface area contributed by atoms with E-state index in [1.807, 2.05) is 18.2 Å². The lowest BCUT2D eigenvalue weighted by atomic mass is 9.93. The summed E-state index contributed by atoms with van der Waals surface area (Å²) in [6, 6.07) is 10.1. The van der Waals surface area contributed by atoms with E-state index >= 15 is 0 Å². The molecule has 0 spiro atoms. The van der Waals surface area contributed by atoms with Gasteiger partial charge in [-0.15, -0.1) is 0 Å². The van der Waals surface area contributed by atoms with Gasteiger partial charge in [-0.1, -0.05) is 12.1 Å². The summed E-state index contributed by atoms with van der Waals surface area (Å²) in [5, 5.41) is 10.5. The van der Waals surface area contributed by atoms with E-state index in [-0.39, 0.29) is 5.82 Å². The first-order valence-corrected chi connectivity index (χ1v) is 6.11. The predicted molar refractivity (Wildman–Crippen MR) is 72.9 cm³/mol. The van der Waals surface area contributed by atoms with Gasteiger partial charge in [0.25, 0.3) is 0 Å². The summed E-state index contributed by atoms with van der Waals surface area (Å²) in [6.07, 6.45) is -0.782. The molecule has 2 aromatic carbocycles. The van der Waals surface area contributed by atoms with Crippen LogP contribution in [0.15, 0.2) is 36.4 Å². The van der Waals surface area contributed by atoms with E-state index in [1.54, 1.807) is 27.0 Å². The number of ether oxygens (including phenoxy) is 1. The second kappa shape index (κ2) is 5.41. The van der Waals surface area contributed by atoms with Crippen LogP contribution in [0.1, 0.15) is 28.4 Å². The smallest absolute Gasteiger partial charge is 0.123 e. The summed E-state index contributed by atoms with van der Waals surface area (Å²) in [5.41, 5.74) is 2.97. The van der Waals surface area contributed by atoms with E-state index in [9.17, 15) is 9.50 Å². The molecule has 19 heavy (non-hydrogen) atoms. The van der Waals surface area contributed by atoms with E-state index in [1.165, 1.54) is 12.1 Å². The van der Waals surface area contributed by atoms with Crippen molar-refractivity contribution in [2.45, 2.75) is 20.0 Å². The van der Waals surface area contributed by atoms with Gasteiger partial charge in [-0.3, -0.25) is 0 Å². The van der Waals surface area contributed by atoms with E-state index in [2.05, 4.69) is 0 Å². The molecule has 3 heteroatoms. The normalized spacial score (nSPS) is 12.3. The minimum absolute atomic E-state index is 0.281. The molecule has 0 heterocycles. The van der Waals surface area contributed by atoms with E-state index in [4.69, 9.17) is 4.74 Å². The maximum atomic E-state index is 13.3.